The van der Waals surface area contributed by atoms with Crippen LogP contribution in [-0.2, 0) is 7.05 Å². The van der Waals surface area contributed by atoms with Crippen LogP contribution in [0.4, 0.5) is 0 Å². The highest BCUT2D eigenvalue weighted by Gasteiger charge is 2.07. The maximum Gasteiger partial charge on any atom is 0.151 e. The van der Waals surface area contributed by atoms with Crippen molar-refractivity contribution in [1.29, 1.82) is 0 Å². The quantitative estimate of drug-likeness (QED) is 0.652. The molecule has 0 aliphatic heterocycles. The average Bonchev–Trinajstić information content (AvgIpc) is 2.50. The molecule has 4 heteroatoms. The number of aromatic nitrogens is 2. The van der Waals surface area contributed by atoms with Gasteiger partial charge < -0.3 is 0 Å². The predicted octanol–water partition coefficient (Wildman–Crippen LogP) is 2.04. The minimum absolute atomic E-state index is 0.473. The molecule has 3 nitrogen and oxygen atoms in total. The Bertz CT molecular complexity index is 476. The SMILES string of the molecule is Cn1ncc2c(Cl)c(C=O)ccc21. The summed E-state index contributed by atoms with van der Waals surface area (Å²) < 4.78 is 1.72. The molecule has 1 aromatic carbocycles. The lowest BCUT2D eigenvalue weighted by Crippen LogP contribution is -1.89. The highest BCUT2D eigenvalue weighted by Crippen LogP contribution is 2.25. The molecule has 0 N–H and O–H groups in total. The molecule has 0 fully saturated rings. The van der Waals surface area contributed by atoms with E-state index in [4.69, 9.17) is 11.6 Å². The molecule has 1 aromatic heterocycles. The number of carbonyl (C=O) groups excluding carboxylic acids is 1. The zero-order valence-corrected chi connectivity index (χ0v) is 7.75. The van der Waals surface area contributed by atoms with E-state index < -0.39 is 0 Å². The predicted molar refractivity (Wildman–Crippen MR) is 51.1 cm³/mol. The number of rotatable bonds is 1. The second-order valence-corrected chi connectivity index (χ2v) is 3.17. The van der Waals surface area contributed by atoms with Gasteiger partial charge in [0.1, 0.15) is 0 Å². The van der Waals surface area contributed by atoms with Gasteiger partial charge >= 0.3 is 0 Å². The van der Waals surface area contributed by atoms with E-state index in [1.165, 1.54) is 0 Å². The lowest BCUT2D eigenvalue weighted by Gasteiger charge is -1.98. The molecule has 13 heavy (non-hydrogen) atoms. The summed E-state index contributed by atoms with van der Waals surface area (Å²) >= 11 is 5.97. The molecule has 1 heterocycles. The van der Waals surface area contributed by atoms with Gasteiger partial charge in [-0.3, -0.25) is 9.48 Å². The van der Waals surface area contributed by atoms with Crippen LogP contribution >= 0.6 is 11.6 Å². The van der Waals surface area contributed by atoms with Crippen molar-refractivity contribution in [2.75, 3.05) is 0 Å². The van der Waals surface area contributed by atoms with E-state index in [1.807, 2.05) is 13.1 Å². The van der Waals surface area contributed by atoms with Crippen molar-refractivity contribution in [2.45, 2.75) is 0 Å². The fourth-order valence-electron chi connectivity index (χ4n) is 1.30. The molecule has 0 spiro atoms. The average molecular weight is 195 g/mol. The van der Waals surface area contributed by atoms with Gasteiger partial charge in [-0.2, -0.15) is 5.10 Å². The van der Waals surface area contributed by atoms with Crippen LogP contribution in [-0.4, -0.2) is 16.1 Å². The third-order valence-electron chi connectivity index (χ3n) is 2.02. The van der Waals surface area contributed by atoms with Crippen molar-refractivity contribution in [3.63, 3.8) is 0 Å². The standard InChI is InChI=1S/C9H7ClN2O/c1-12-8-3-2-6(5-13)9(10)7(8)4-11-12/h2-5H,1H3. The van der Waals surface area contributed by atoms with E-state index in [1.54, 1.807) is 16.9 Å². The molecular weight excluding hydrogens is 188 g/mol. The highest BCUT2D eigenvalue weighted by molar-refractivity contribution is 6.37. The molecule has 2 rings (SSSR count). The largest absolute Gasteiger partial charge is 0.298 e. The molecule has 0 bridgehead atoms. The first-order valence-corrected chi connectivity index (χ1v) is 4.17. The summed E-state index contributed by atoms with van der Waals surface area (Å²) in [6.07, 6.45) is 2.40. The second-order valence-electron chi connectivity index (χ2n) is 2.79. The van der Waals surface area contributed by atoms with Gasteiger partial charge in [-0.1, -0.05) is 11.6 Å². The highest BCUT2D eigenvalue weighted by atomic mass is 35.5. The van der Waals surface area contributed by atoms with E-state index in [2.05, 4.69) is 5.10 Å². The van der Waals surface area contributed by atoms with Crippen molar-refractivity contribution in [3.8, 4) is 0 Å². The van der Waals surface area contributed by atoms with E-state index in [-0.39, 0.29) is 0 Å². The van der Waals surface area contributed by atoms with Crippen LogP contribution in [0.2, 0.25) is 5.02 Å². The second kappa shape index (κ2) is 2.85. The van der Waals surface area contributed by atoms with Crippen molar-refractivity contribution in [1.82, 2.24) is 9.78 Å². The third-order valence-corrected chi connectivity index (χ3v) is 2.44. The third kappa shape index (κ3) is 1.12. The van der Waals surface area contributed by atoms with Crippen molar-refractivity contribution >= 4 is 28.8 Å². The Balaban J connectivity index is 2.87. The molecule has 0 saturated heterocycles. The number of halogens is 1. The Kier molecular flexibility index (Phi) is 1.81. The Morgan fingerprint density at radius 2 is 2.31 bits per heavy atom. The van der Waals surface area contributed by atoms with Crippen LogP contribution in [0.5, 0.6) is 0 Å². The number of aldehydes is 1. The normalized spacial score (nSPS) is 10.6. The summed E-state index contributed by atoms with van der Waals surface area (Å²) in [5, 5.41) is 5.33. The maximum atomic E-state index is 10.6. The first kappa shape index (κ1) is 8.26. The Morgan fingerprint density at radius 3 is 3.00 bits per heavy atom. The van der Waals surface area contributed by atoms with E-state index >= 15 is 0 Å². The van der Waals surface area contributed by atoms with Crippen molar-refractivity contribution in [3.05, 3.63) is 28.9 Å². The Labute approximate surface area is 79.9 Å². The van der Waals surface area contributed by atoms with Gasteiger partial charge in [-0.25, -0.2) is 0 Å². The zero-order chi connectivity index (χ0) is 9.42. The Hall–Kier alpha value is -1.35. The van der Waals surface area contributed by atoms with Crippen molar-refractivity contribution < 1.29 is 4.79 Å². The number of aryl methyl sites for hydroxylation is 1. The van der Waals surface area contributed by atoms with Crippen LogP contribution in [0, 0.1) is 0 Å². The lowest BCUT2D eigenvalue weighted by molar-refractivity contribution is 0.112. The fourth-order valence-corrected chi connectivity index (χ4v) is 1.56. The molecule has 0 radical (unpaired) electrons. The summed E-state index contributed by atoms with van der Waals surface area (Å²) in [6, 6.07) is 3.53. The lowest BCUT2D eigenvalue weighted by atomic mass is 10.2. The van der Waals surface area contributed by atoms with Gasteiger partial charge in [0, 0.05) is 18.0 Å². The summed E-state index contributed by atoms with van der Waals surface area (Å²) in [5.74, 6) is 0. The molecule has 0 aliphatic rings. The maximum absolute atomic E-state index is 10.6. The molecule has 2 aromatic rings. The minimum Gasteiger partial charge on any atom is -0.298 e. The summed E-state index contributed by atoms with van der Waals surface area (Å²) in [4.78, 5) is 10.6. The van der Waals surface area contributed by atoms with E-state index in [0.29, 0.717) is 10.6 Å². The number of nitrogens with zero attached hydrogens (tertiary/aromatic N) is 2. The van der Waals surface area contributed by atoms with Crippen LogP contribution in [0.3, 0.4) is 0 Å². The molecule has 0 saturated carbocycles. The van der Waals surface area contributed by atoms with Gasteiger partial charge in [0.2, 0.25) is 0 Å². The smallest absolute Gasteiger partial charge is 0.151 e. The zero-order valence-electron chi connectivity index (χ0n) is 6.99. The topological polar surface area (TPSA) is 34.9 Å². The molecule has 0 amide bonds. The van der Waals surface area contributed by atoms with Crippen molar-refractivity contribution in [2.24, 2.45) is 7.05 Å². The van der Waals surface area contributed by atoms with Gasteiger partial charge in [-0.15, -0.1) is 0 Å². The number of benzene rings is 1. The van der Waals surface area contributed by atoms with Gasteiger partial charge in [0.25, 0.3) is 0 Å². The first-order valence-electron chi connectivity index (χ1n) is 3.79. The summed E-state index contributed by atoms with van der Waals surface area (Å²) in [7, 11) is 1.83. The fraction of sp³-hybridized carbons (Fsp3) is 0.111. The van der Waals surface area contributed by atoms with Gasteiger partial charge in [0.15, 0.2) is 6.29 Å². The molecule has 0 unspecified atom stereocenters. The first-order chi connectivity index (χ1) is 6.24. The Morgan fingerprint density at radius 1 is 1.54 bits per heavy atom. The minimum atomic E-state index is 0.473. The molecule has 0 aliphatic carbocycles. The van der Waals surface area contributed by atoms with Crippen LogP contribution < -0.4 is 0 Å². The van der Waals surface area contributed by atoms with Gasteiger partial charge in [0.05, 0.1) is 16.7 Å². The molecular formula is C9H7ClN2O. The summed E-state index contributed by atoms with van der Waals surface area (Å²) in [5.41, 5.74) is 1.43. The number of hydrogen-bond donors (Lipinski definition) is 0. The van der Waals surface area contributed by atoms with Crippen LogP contribution in [0.15, 0.2) is 18.3 Å². The van der Waals surface area contributed by atoms with E-state index in [9.17, 15) is 4.79 Å². The number of fused-ring (bicyclic) bond motifs is 1. The van der Waals surface area contributed by atoms with Crippen LogP contribution in [0.25, 0.3) is 10.9 Å². The molecule has 0 atom stereocenters. The van der Waals surface area contributed by atoms with E-state index in [0.717, 1.165) is 17.2 Å². The monoisotopic (exact) mass is 194 g/mol. The van der Waals surface area contributed by atoms with Crippen LogP contribution in [0.1, 0.15) is 10.4 Å². The number of hydrogen-bond acceptors (Lipinski definition) is 2. The van der Waals surface area contributed by atoms with Gasteiger partial charge in [-0.05, 0) is 12.1 Å². The molecule has 66 valence electrons. The number of carbonyl (C=O) groups is 1. The summed E-state index contributed by atoms with van der Waals surface area (Å²) in [6.45, 7) is 0.